The zero-order valence-electron chi connectivity index (χ0n) is 18.1. The summed E-state index contributed by atoms with van der Waals surface area (Å²) in [6, 6.07) is 5.43. The molecule has 1 saturated heterocycles. The second-order valence-corrected chi connectivity index (χ2v) is 7.64. The van der Waals surface area contributed by atoms with Crippen LogP contribution >= 0.6 is 0 Å². The third kappa shape index (κ3) is 6.92. The van der Waals surface area contributed by atoms with Crippen molar-refractivity contribution in [3.05, 3.63) is 23.8 Å². The maximum atomic E-state index is 12.7. The van der Waals surface area contributed by atoms with Crippen LogP contribution in [0.2, 0.25) is 0 Å². The molecule has 0 radical (unpaired) electrons. The van der Waals surface area contributed by atoms with Crippen molar-refractivity contribution in [2.75, 3.05) is 33.9 Å². The van der Waals surface area contributed by atoms with Crippen molar-refractivity contribution in [1.82, 2.24) is 15.5 Å². The van der Waals surface area contributed by atoms with Crippen LogP contribution in [0.4, 0.5) is 0 Å². The lowest BCUT2D eigenvalue weighted by Gasteiger charge is -2.36. The zero-order chi connectivity index (χ0) is 21.2. The molecule has 0 aliphatic carbocycles. The minimum absolute atomic E-state index is 0.00968. The van der Waals surface area contributed by atoms with Gasteiger partial charge in [-0.25, -0.2) is 0 Å². The number of methoxy groups -OCH3 is 2. The Labute approximate surface area is 174 Å². The van der Waals surface area contributed by atoms with E-state index in [2.05, 4.69) is 15.5 Å². The van der Waals surface area contributed by atoms with E-state index in [0.717, 1.165) is 37.9 Å². The van der Waals surface area contributed by atoms with Gasteiger partial charge >= 0.3 is 0 Å². The summed E-state index contributed by atoms with van der Waals surface area (Å²) >= 11 is 0. The van der Waals surface area contributed by atoms with Gasteiger partial charge in [-0.1, -0.05) is 13.0 Å². The van der Waals surface area contributed by atoms with E-state index in [0.29, 0.717) is 36.9 Å². The third-order valence-electron chi connectivity index (χ3n) is 5.46. The second-order valence-electron chi connectivity index (χ2n) is 7.64. The van der Waals surface area contributed by atoms with Crippen LogP contribution in [-0.4, -0.2) is 56.6 Å². The summed E-state index contributed by atoms with van der Waals surface area (Å²) in [7, 11) is 3.20. The molecule has 7 nitrogen and oxygen atoms in total. The summed E-state index contributed by atoms with van der Waals surface area (Å²) < 4.78 is 10.6. The van der Waals surface area contributed by atoms with E-state index in [9.17, 15) is 9.59 Å². The molecule has 2 N–H and O–H groups in total. The van der Waals surface area contributed by atoms with Crippen LogP contribution in [0.15, 0.2) is 18.2 Å². The number of ether oxygens (including phenoxy) is 2. The van der Waals surface area contributed by atoms with Crippen LogP contribution < -0.4 is 20.1 Å². The number of nitrogens with one attached hydrogen (secondary N) is 2. The first-order chi connectivity index (χ1) is 14.0. The van der Waals surface area contributed by atoms with E-state index >= 15 is 0 Å². The Kier molecular flexibility index (Phi) is 9.25. The van der Waals surface area contributed by atoms with Crippen molar-refractivity contribution < 1.29 is 19.1 Å². The van der Waals surface area contributed by atoms with Gasteiger partial charge in [-0.15, -0.1) is 0 Å². The first-order valence-electron chi connectivity index (χ1n) is 10.5. The van der Waals surface area contributed by atoms with E-state index < -0.39 is 0 Å². The first-order valence-corrected chi connectivity index (χ1v) is 10.5. The number of carbonyl (C=O) groups excluding carboxylic acids is 2. The van der Waals surface area contributed by atoms with Crippen LogP contribution in [0, 0.1) is 5.92 Å². The average Bonchev–Trinajstić information content (AvgIpc) is 2.75. The van der Waals surface area contributed by atoms with Gasteiger partial charge in [0.15, 0.2) is 11.5 Å². The molecule has 1 fully saturated rings. The fraction of sp³-hybridized carbons (Fsp3) is 0.636. The van der Waals surface area contributed by atoms with Crippen LogP contribution in [0.3, 0.4) is 0 Å². The fourth-order valence-electron chi connectivity index (χ4n) is 3.68. The minimum atomic E-state index is -0.204. The van der Waals surface area contributed by atoms with Crippen molar-refractivity contribution in [3.8, 4) is 11.5 Å². The lowest BCUT2D eigenvalue weighted by Crippen LogP contribution is -2.50. The Morgan fingerprint density at radius 3 is 2.66 bits per heavy atom. The predicted molar refractivity (Wildman–Crippen MR) is 113 cm³/mol. The quantitative estimate of drug-likeness (QED) is 0.625. The molecule has 7 heteroatoms. The Balaban J connectivity index is 1.83. The maximum Gasteiger partial charge on any atom is 0.237 e. The highest BCUT2D eigenvalue weighted by molar-refractivity contribution is 5.81. The molecule has 1 aromatic rings. The molecule has 0 saturated carbocycles. The van der Waals surface area contributed by atoms with Crippen LogP contribution in [0.25, 0.3) is 0 Å². The molecule has 0 spiro atoms. The van der Waals surface area contributed by atoms with E-state index in [-0.39, 0.29) is 17.9 Å². The molecule has 29 heavy (non-hydrogen) atoms. The standard InChI is InChI=1S/C22H35N3O4/c1-5-7-21(26)23-14-18-8-6-11-25(15-18)16(2)22(27)24-13-17-9-10-19(28-3)20(12-17)29-4/h9-10,12,16,18H,5-8,11,13-15H2,1-4H3,(H,23,26)(H,24,27). The number of carbonyl (C=O) groups is 2. The highest BCUT2D eigenvalue weighted by Crippen LogP contribution is 2.27. The third-order valence-corrected chi connectivity index (χ3v) is 5.46. The van der Waals surface area contributed by atoms with Gasteiger partial charge in [-0.05, 0) is 56.3 Å². The molecule has 0 bridgehead atoms. The number of likely N-dealkylation sites (tertiary alicyclic amines) is 1. The normalized spacial score (nSPS) is 18.0. The van der Waals surface area contributed by atoms with Gasteiger partial charge < -0.3 is 20.1 Å². The fourth-order valence-corrected chi connectivity index (χ4v) is 3.68. The summed E-state index contributed by atoms with van der Waals surface area (Å²) in [6.07, 6.45) is 3.57. The van der Waals surface area contributed by atoms with Gasteiger partial charge in [0, 0.05) is 26.1 Å². The first kappa shape index (κ1) is 23.0. The Hall–Kier alpha value is -2.28. The van der Waals surface area contributed by atoms with Gasteiger partial charge in [0.1, 0.15) is 0 Å². The number of piperidine rings is 1. The van der Waals surface area contributed by atoms with Gasteiger partial charge in [-0.2, -0.15) is 0 Å². The Morgan fingerprint density at radius 2 is 1.97 bits per heavy atom. The Morgan fingerprint density at radius 1 is 1.21 bits per heavy atom. The SMILES string of the molecule is CCCC(=O)NCC1CCCN(C(C)C(=O)NCc2ccc(OC)c(OC)c2)C1. The Bertz CT molecular complexity index is 680. The molecular formula is C22H35N3O4. The summed E-state index contributed by atoms with van der Waals surface area (Å²) in [5.74, 6) is 1.84. The smallest absolute Gasteiger partial charge is 0.237 e. The summed E-state index contributed by atoms with van der Waals surface area (Å²) in [4.78, 5) is 26.6. The molecule has 2 amide bonds. The molecule has 0 aromatic heterocycles. The van der Waals surface area contributed by atoms with Crippen LogP contribution in [0.1, 0.15) is 45.1 Å². The average molecular weight is 406 g/mol. The van der Waals surface area contributed by atoms with Crippen molar-refractivity contribution in [2.24, 2.45) is 5.92 Å². The molecule has 1 aliphatic rings. The zero-order valence-corrected chi connectivity index (χ0v) is 18.1. The molecule has 1 heterocycles. The number of nitrogens with zero attached hydrogens (tertiary/aromatic N) is 1. The number of amides is 2. The number of benzene rings is 1. The van der Waals surface area contributed by atoms with E-state index in [4.69, 9.17) is 9.47 Å². The van der Waals surface area contributed by atoms with Crippen molar-refractivity contribution >= 4 is 11.8 Å². The summed E-state index contributed by atoms with van der Waals surface area (Å²) in [5.41, 5.74) is 0.957. The lowest BCUT2D eigenvalue weighted by atomic mass is 9.96. The van der Waals surface area contributed by atoms with E-state index in [1.54, 1.807) is 14.2 Å². The van der Waals surface area contributed by atoms with Crippen LogP contribution in [-0.2, 0) is 16.1 Å². The topological polar surface area (TPSA) is 79.9 Å². The molecular weight excluding hydrogens is 370 g/mol. The number of rotatable bonds is 10. The molecule has 2 atom stereocenters. The van der Waals surface area contributed by atoms with E-state index in [1.807, 2.05) is 32.0 Å². The second kappa shape index (κ2) is 11.7. The number of hydrogen-bond acceptors (Lipinski definition) is 5. The lowest BCUT2D eigenvalue weighted by molar-refractivity contribution is -0.127. The van der Waals surface area contributed by atoms with Gasteiger partial charge in [0.2, 0.25) is 11.8 Å². The van der Waals surface area contributed by atoms with Gasteiger partial charge in [-0.3, -0.25) is 14.5 Å². The molecule has 2 rings (SSSR count). The van der Waals surface area contributed by atoms with Gasteiger partial charge in [0.05, 0.1) is 20.3 Å². The molecule has 1 aromatic carbocycles. The van der Waals surface area contributed by atoms with Gasteiger partial charge in [0.25, 0.3) is 0 Å². The number of hydrogen-bond donors (Lipinski definition) is 2. The van der Waals surface area contributed by atoms with Crippen molar-refractivity contribution in [2.45, 2.75) is 52.1 Å². The van der Waals surface area contributed by atoms with Crippen molar-refractivity contribution in [3.63, 3.8) is 0 Å². The maximum absolute atomic E-state index is 12.7. The molecule has 1 aliphatic heterocycles. The highest BCUT2D eigenvalue weighted by Gasteiger charge is 2.27. The van der Waals surface area contributed by atoms with Crippen LogP contribution in [0.5, 0.6) is 11.5 Å². The monoisotopic (exact) mass is 405 g/mol. The van der Waals surface area contributed by atoms with Crippen molar-refractivity contribution in [1.29, 1.82) is 0 Å². The predicted octanol–water partition coefficient (Wildman–Crippen LogP) is 2.34. The summed E-state index contributed by atoms with van der Waals surface area (Å²) in [6.45, 7) is 6.82. The minimum Gasteiger partial charge on any atom is -0.493 e. The summed E-state index contributed by atoms with van der Waals surface area (Å²) in [5, 5.41) is 6.04. The molecule has 2 unspecified atom stereocenters. The largest absolute Gasteiger partial charge is 0.493 e. The highest BCUT2D eigenvalue weighted by atomic mass is 16.5. The molecule has 162 valence electrons. The van der Waals surface area contributed by atoms with E-state index in [1.165, 1.54) is 0 Å².